The average Bonchev–Trinajstić information content (AvgIpc) is 2.85. The van der Waals surface area contributed by atoms with Crippen molar-refractivity contribution in [3.8, 4) is 16.9 Å². The van der Waals surface area contributed by atoms with Gasteiger partial charge in [-0.15, -0.1) is 0 Å². The molecule has 4 aromatic rings. The number of rotatable bonds is 6. The Labute approximate surface area is 214 Å². The molecule has 11 heteroatoms. The Hall–Kier alpha value is -3.47. The fourth-order valence-corrected chi connectivity index (χ4v) is 5.39. The maximum atomic E-state index is 12.8. The fraction of sp³-hybridized carbons (Fsp3) is 0.240. The van der Waals surface area contributed by atoms with Crippen molar-refractivity contribution in [1.82, 2.24) is 18.8 Å². The molecule has 36 heavy (non-hydrogen) atoms. The number of halogens is 1. The van der Waals surface area contributed by atoms with Crippen molar-refractivity contribution in [2.45, 2.75) is 24.8 Å². The molecule has 188 valence electrons. The van der Waals surface area contributed by atoms with Crippen LogP contribution in [-0.2, 0) is 10.0 Å². The second-order valence-corrected chi connectivity index (χ2v) is 11.1. The van der Waals surface area contributed by atoms with Crippen LogP contribution >= 0.6 is 11.6 Å². The first kappa shape index (κ1) is 25.6. The first-order valence-corrected chi connectivity index (χ1v) is 12.8. The molecule has 2 N–H and O–H groups in total. The van der Waals surface area contributed by atoms with Gasteiger partial charge in [0.1, 0.15) is 28.9 Å². The molecule has 0 radical (unpaired) electrons. The van der Waals surface area contributed by atoms with Crippen molar-refractivity contribution in [2.75, 3.05) is 26.9 Å². The predicted octanol–water partition coefficient (Wildman–Crippen LogP) is 3.87. The first-order valence-electron chi connectivity index (χ1n) is 11.0. The molecule has 0 saturated carbocycles. The van der Waals surface area contributed by atoms with Gasteiger partial charge in [0.15, 0.2) is 5.43 Å². The Morgan fingerprint density at radius 1 is 1.17 bits per heavy atom. The molecular formula is C25H26ClN5O4S. The van der Waals surface area contributed by atoms with E-state index in [0.29, 0.717) is 33.1 Å². The number of pyridine rings is 1. The van der Waals surface area contributed by atoms with E-state index in [2.05, 4.69) is 9.97 Å². The standard InChI is InChI=1S/C25H26ClN5O4S/c1-14-19(26)12-18(15(2)31-10-9-20(32)22-24(27)28-13-29-25(22)31)23(35-5)21(14)16-7-6-8-17(11-16)36(33,34)30(3)4/h6-13,15H,1-5H3,(H2,27,28,29). The summed E-state index contributed by atoms with van der Waals surface area (Å²) in [6, 6.07) is 9.48. The summed E-state index contributed by atoms with van der Waals surface area (Å²) in [5, 5.41) is 0.707. The molecule has 2 aromatic carbocycles. The van der Waals surface area contributed by atoms with Crippen molar-refractivity contribution in [2.24, 2.45) is 0 Å². The van der Waals surface area contributed by atoms with Crippen LogP contribution < -0.4 is 15.9 Å². The Morgan fingerprint density at radius 2 is 1.89 bits per heavy atom. The highest BCUT2D eigenvalue weighted by Gasteiger charge is 2.25. The number of ether oxygens (including phenoxy) is 1. The lowest BCUT2D eigenvalue weighted by molar-refractivity contribution is 0.405. The molecule has 2 heterocycles. The lowest BCUT2D eigenvalue weighted by atomic mass is 9.93. The van der Waals surface area contributed by atoms with Crippen molar-refractivity contribution in [3.05, 3.63) is 75.3 Å². The number of methoxy groups -OCH3 is 1. The molecule has 0 aliphatic carbocycles. The molecule has 1 atom stereocenters. The average molecular weight is 528 g/mol. The van der Waals surface area contributed by atoms with Gasteiger partial charge in [-0.2, -0.15) is 0 Å². The minimum absolute atomic E-state index is 0.0973. The Kier molecular flexibility index (Phi) is 6.78. The van der Waals surface area contributed by atoms with Gasteiger partial charge in [0, 0.05) is 42.5 Å². The number of hydrogen-bond donors (Lipinski definition) is 1. The van der Waals surface area contributed by atoms with E-state index in [0.717, 1.165) is 9.87 Å². The van der Waals surface area contributed by atoms with Gasteiger partial charge in [0.2, 0.25) is 10.0 Å². The third kappa shape index (κ3) is 4.21. The molecule has 0 amide bonds. The maximum absolute atomic E-state index is 12.8. The smallest absolute Gasteiger partial charge is 0.242 e. The maximum Gasteiger partial charge on any atom is 0.242 e. The predicted molar refractivity (Wildman–Crippen MR) is 141 cm³/mol. The van der Waals surface area contributed by atoms with Gasteiger partial charge in [-0.25, -0.2) is 22.7 Å². The highest BCUT2D eigenvalue weighted by molar-refractivity contribution is 7.89. The fourth-order valence-electron chi connectivity index (χ4n) is 4.23. The largest absolute Gasteiger partial charge is 0.496 e. The molecule has 0 spiro atoms. The summed E-state index contributed by atoms with van der Waals surface area (Å²) >= 11 is 6.69. The normalized spacial score (nSPS) is 12.8. The van der Waals surface area contributed by atoms with Gasteiger partial charge in [-0.3, -0.25) is 4.79 Å². The number of benzene rings is 2. The number of aromatic nitrogens is 3. The van der Waals surface area contributed by atoms with E-state index in [1.807, 2.05) is 19.9 Å². The molecule has 9 nitrogen and oxygen atoms in total. The number of nitrogens with two attached hydrogens (primary N) is 1. The molecule has 0 aliphatic heterocycles. The van der Waals surface area contributed by atoms with E-state index < -0.39 is 10.0 Å². The second kappa shape index (κ2) is 9.53. The number of nitrogens with zero attached hydrogens (tertiary/aromatic N) is 4. The zero-order chi connectivity index (χ0) is 26.4. The van der Waals surface area contributed by atoms with Crippen LogP contribution in [0.4, 0.5) is 5.82 Å². The number of fused-ring (bicyclic) bond motifs is 1. The van der Waals surface area contributed by atoms with Crippen molar-refractivity contribution in [1.29, 1.82) is 0 Å². The summed E-state index contributed by atoms with van der Waals surface area (Å²) in [5.74, 6) is 0.623. The monoisotopic (exact) mass is 527 g/mol. The van der Waals surface area contributed by atoms with Gasteiger partial charge in [-0.1, -0.05) is 23.7 Å². The summed E-state index contributed by atoms with van der Waals surface area (Å²) in [6.45, 7) is 3.77. The van der Waals surface area contributed by atoms with Gasteiger partial charge in [0.05, 0.1) is 18.0 Å². The summed E-state index contributed by atoms with van der Waals surface area (Å²) in [5.41, 5.74) is 8.83. The van der Waals surface area contributed by atoms with Gasteiger partial charge >= 0.3 is 0 Å². The van der Waals surface area contributed by atoms with Crippen molar-refractivity contribution >= 4 is 38.5 Å². The molecule has 0 aliphatic rings. The first-order chi connectivity index (χ1) is 17.0. The molecule has 2 aromatic heterocycles. The molecular weight excluding hydrogens is 502 g/mol. The van der Waals surface area contributed by atoms with Crippen LogP contribution in [-0.4, -0.2) is 48.5 Å². The van der Waals surface area contributed by atoms with Crippen LogP contribution in [0, 0.1) is 6.92 Å². The van der Waals surface area contributed by atoms with Crippen molar-refractivity contribution in [3.63, 3.8) is 0 Å². The molecule has 4 rings (SSSR count). The van der Waals surface area contributed by atoms with E-state index in [-0.39, 0.29) is 27.6 Å². The number of hydrogen-bond acceptors (Lipinski definition) is 7. The summed E-state index contributed by atoms with van der Waals surface area (Å²) in [7, 11) is 0.864. The lowest BCUT2D eigenvalue weighted by Gasteiger charge is -2.24. The zero-order valence-corrected chi connectivity index (χ0v) is 22.1. The molecule has 1 unspecified atom stereocenters. The van der Waals surface area contributed by atoms with Gasteiger partial charge < -0.3 is 15.0 Å². The SMILES string of the molecule is COc1c(C(C)n2ccc(=O)c3c(N)ncnc32)cc(Cl)c(C)c1-c1cccc(S(=O)(=O)N(C)C)c1. The molecule has 0 bridgehead atoms. The molecule has 0 saturated heterocycles. The molecule has 0 fully saturated rings. The van der Waals surface area contributed by atoms with Crippen LogP contribution in [0.2, 0.25) is 5.02 Å². The lowest BCUT2D eigenvalue weighted by Crippen LogP contribution is -2.22. The summed E-state index contributed by atoms with van der Waals surface area (Å²) in [4.78, 5) is 20.9. The summed E-state index contributed by atoms with van der Waals surface area (Å²) in [6.07, 6.45) is 2.95. The Balaban J connectivity index is 1.98. The Bertz CT molecular complexity index is 1650. The Morgan fingerprint density at radius 3 is 2.56 bits per heavy atom. The highest BCUT2D eigenvalue weighted by atomic mass is 35.5. The second-order valence-electron chi connectivity index (χ2n) is 8.52. The quantitative estimate of drug-likeness (QED) is 0.404. The minimum atomic E-state index is -3.65. The number of sulfonamides is 1. The van der Waals surface area contributed by atoms with Crippen LogP contribution in [0.5, 0.6) is 5.75 Å². The minimum Gasteiger partial charge on any atom is -0.496 e. The van der Waals surface area contributed by atoms with Gasteiger partial charge in [0.25, 0.3) is 0 Å². The summed E-state index contributed by atoms with van der Waals surface area (Å²) < 4.78 is 34.4. The third-order valence-electron chi connectivity index (χ3n) is 6.21. The van der Waals surface area contributed by atoms with Crippen LogP contribution in [0.1, 0.15) is 24.1 Å². The van der Waals surface area contributed by atoms with Crippen molar-refractivity contribution < 1.29 is 13.2 Å². The van der Waals surface area contributed by atoms with E-state index >= 15 is 0 Å². The van der Waals surface area contributed by atoms with Crippen LogP contribution in [0.25, 0.3) is 22.2 Å². The van der Waals surface area contributed by atoms with Crippen LogP contribution in [0.15, 0.2) is 58.6 Å². The highest BCUT2D eigenvalue weighted by Crippen LogP contribution is 2.43. The number of anilines is 1. The van der Waals surface area contributed by atoms with Crippen LogP contribution in [0.3, 0.4) is 0 Å². The zero-order valence-electron chi connectivity index (χ0n) is 20.5. The third-order valence-corrected chi connectivity index (χ3v) is 8.42. The number of nitrogen functional groups attached to an aromatic ring is 1. The van der Waals surface area contributed by atoms with Gasteiger partial charge in [-0.05, 0) is 43.2 Å². The van der Waals surface area contributed by atoms with E-state index in [1.54, 1.807) is 42.1 Å². The van der Waals surface area contributed by atoms with E-state index in [4.69, 9.17) is 22.1 Å². The van der Waals surface area contributed by atoms with E-state index in [1.165, 1.54) is 26.5 Å². The van der Waals surface area contributed by atoms with E-state index in [9.17, 15) is 13.2 Å². The topological polar surface area (TPSA) is 120 Å².